The quantitative estimate of drug-likeness (QED) is 0.809. The molecule has 0 bridgehead atoms. The first-order chi connectivity index (χ1) is 8.63. The minimum absolute atomic E-state index is 0.141. The molecule has 6 heteroatoms. The third kappa shape index (κ3) is 4.84. The van der Waals surface area contributed by atoms with E-state index in [4.69, 9.17) is 9.68 Å². The van der Waals surface area contributed by atoms with E-state index in [2.05, 4.69) is 0 Å². The van der Waals surface area contributed by atoms with E-state index in [0.717, 1.165) is 10.6 Å². The van der Waals surface area contributed by atoms with E-state index in [1.165, 1.54) is 6.92 Å². The molecule has 0 unspecified atom stereocenters. The third-order valence-corrected chi connectivity index (χ3v) is 2.09. The zero-order valence-corrected chi connectivity index (χ0v) is 10.4. The molecule has 0 aliphatic heterocycles. The lowest BCUT2D eigenvalue weighted by molar-refractivity contribution is -0.204. The van der Waals surface area contributed by atoms with Gasteiger partial charge in [-0.15, -0.1) is 4.94 Å². The van der Waals surface area contributed by atoms with Gasteiger partial charge in [0.05, 0.1) is 0 Å². The first-order valence-electron chi connectivity index (χ1n) is 5.55. The number of amides is 2. The van der Waals surface area contributed by atoms with Crippen molar-refractivity contribution >= 4 is 12.0 Å². The molecule has 18 heavy (non-hydrogen) atoms. The number of ether oxygens (including phenoxy) is 1. The smallest absolute Gasteiger partial charge is 0.433 e. The minimum Gasteiger partial charge on any atom is -0.443 e. The van der Waals surface area contributed by atoms with Crippen LogP contribution in [-0.2, 0) is 21.1 Å². The van der Waals surface area contributed by atoms with Crippen LogP contribution in [0.15, 0.2) is 30.3 Å². The summed E-state index contributed by atoms with van der Waals surface area (Å²) in [6.07, 6.45) is -0.751. The molecule has 0 heterocycles. The van der Waals surface area contributed by atoms with Crippen molar-refractivity contribution in [3.63, 3.8) is 0 Å². The summed E-state index contributed by atoms with van der Waals surface area (Å²) < 4.78 is 4.89. The van der Waals surface area contributed by atoms with Crippen molar-refractivity contribution in [2.75, 3.05) is 6.54 Å². The molecule has 98 valence electrons. The number of rotatable bonds is 5. The Balaban J connectivity index is 2.28. The van der Waals surface area contributed by atoms with Gasteiger partial charge < -0.3 is 4.74 Å². The first-order valence-corrected chi connectivity index (χ1v) is 5.55. The zero-order chi connectivity index (χ0) is 13.4. The van der Waals surface area contributed by atoms with Gasteiger partial charge in [-0.1, -0.05) is 30.3 Å². The van der Waals surface area contributed by atoms with E-state index in [0.29, 0.717) is 6.54 Å². The number of carbonyl (C=O) groups excluding carboxylic acids is 2. The maximum absolute atomic E-state index is 11.3. The number of hydrogen-bond donors (Lipinski definition) is 1. The van der Waals surface area contributed by atoms with Crippen LogP contribution < -0.4 is 5.48 Å². The van der Waals surface area contributed by atoms with Crippen LogP contribution in [0.25, 0.3) is 0 Å². The summed E-state index contributed by atoms with van der Waals surface area (Å²) in [4.78, 5) is 27.0. The molecule has 0 aliphatic rings. The predicted octanol–water partition coefficient (Wildman–Crippen LogP) is 1.63. The van der Waals surface area contributed by atoms with Gasteiger partial charge in [-0.3, -0.25) is 4.79 Å². The molecule has 0 fully saturated rings. The standard InChI is InChI=1S/C12H16N2O4/c1-3-14(10(2)15)18-13-12(16)17-9-11-7-5-4-6-8-11/h4-8H,3,9H2,1-2H3,(H,13,16). The van der Waals surface area contributed by atoms with E-state index < -0.39 is 6.09 Å². The Labute approximate surface area is 105 Å². The highest BCUT2D eigenvalue weighted by Crippen LogP contribution is 2.00. The zero-order valence-electron chi connectivity index (χ0n) is 10.4. The monoisotopic (exact) mass is 252 g/mol. The topological polar surface area (TPSA) is 67.9 Å². The molecule has 0 spiro atoms. The number of nitrogens with zero attached hydrogens (tertiary/aromatic N) is 1. The van der Waals surface area contributed by atoms with Gasteiger partial charge in [-0.25, -0.2) is 4.79 Å². The SMILES string of the molecule is CCN(ONC(=O)OCc1ccccc1)C(C)=O. The van der Waals surface area contributed by atoms with E-state index in [1.807, 2.05) is 35.8 Å². The van der Waals surface area contributed by atoms with Gasteiger partial charge in [0.25, 0.3) is 0 Å². The lowest BCUT2D eigenvalue weighted by atomic mass is 10.2. The summed E-state index contributed by atoms with van der Waals surface area (Å²) in [5.41, 5.74) is 2.90. The fourth-order valence-electron chi connectivity index (χ4n) is 1.20. The van der Waals surface area contributed by atoms with Gasteiger partial charge in [0.2, 0.25) is 5.91 Å². The Morgan fingerprint density at radius 3 is 2.50 bits per heavy atom. The van der Waals surface area contributed by atoms with Crippen LogP contribution in [0.3, 0.4) is 0 Å². The second-order valence-corrected chi connectivity index (χ2v) is 3.47. The van der Waals surface area contributed by atoms with Crippen molar-refractivity contribution in [3.05, 3.63) is 35.9 Å². The van der Waals surface area contributed by atoms with Crippen LogP contribution in [0, 0.1) is 0 Å². The molecule has 2 amide bonds. The second kappa shape index (κ2) is 7.29. The molecule has 1 aromatic carbocycles. The average Bonchev–Trinajstić information content (AvgIpc) is 2.38. The average molecular weight is 252 g/mol. The number of benzene rings is 1. The Hall–Kier alpha value is -2.08. The molecule has 1 aromatic rings. The highest BCUT2D eigenvalue weighted by atomic mass is 16.8. The second-order valence-electron chi connectivity index (χ2n) is 3.47. The Bertz CT molecular complexity index is 394. The molecule has 1 N–H and O–H groups in total. The molecule has 6 nitrogen and oxygen atoms in total. The summed E-state index contributed by atoms with van der Waals surface area (Å²) in [5.74, 6) is -0.305. The van der Waals surface area contributed by atoms with Gasteiger partial charge in [0.15, 0.2) is 0 Å². The molecule has 0 radical (unpaired) electrons. The van der Waals surface area contributed by atoms with Crippen molar-refractivity contribution in [3.8, 4) is 0 Å². The Kier molecular flexibility index (Phi) is 5.66. The van der Waals surface area contributed by atoms with E-state index in [-0.39, 0.29) is 12.5 Å². The Morgan fingerprint density at radius 2 is 1.94 bits per heavy atom. The van der Waals surface area contributed by atoms with Crippen molar-refractivity contribution in [2.24, 2.45) is 0 Å². The molecule has 0 atom stereocenters. The van der Waals surface area contributed by atoms with E-state index in [1.54, 1.807) is 6.92 Å². The summed E-state index contributed by atoms with van der Waals surface area (Å²) in [6, 6.07) is 9.24. The van der Waals surface area contributed by atoms with Crippen molar-refractivity contribution in [1.82, 2.24) is 10.5 Å². The van der Waals surface area contributed by atoms with Gasteiger partial charge in [-0.2, -0.15) is 10.5 Å². The number of hydrogen-bond acceptors (Lipinski definition) is 4. The minimum atomic E-state index is -0.751. The number of hydroxylamine groups is 3. The van der Waals surface area contributed by atoms with Gasteiger partial charge in [-0.05, 0) is 12.5 Å². The highest BCUT2D eigenvalue weighted by molar-refractivity contribution is 5.72. The van der Waals surface area contributed by atoms with Crippen LogP contribution in [-0.4, -0.2) is 23.6 Å². The van der Waals surface area contributed by atoms with Crippen molar-refractivity contribution in [2.45, 2.75) is 20.5 Å². The molecule has 0 saturated heterocycles. The number of carbonyl (C=O) groups is 2. The molecule has 0 aliphatic carbocycles. The summed E-state index contributed by atoms with van der Waals surface area (Å²) in [5, 5.41) is 1.00. The third-order valence-electron chi connectivity index (χ3n) is 2.09. The maximum atomic E-state index is 11.3. The van der Waals surface area contributed by atoms with Gasteiger partial charge >= 0.3 is 6.09 Å². The summed E-state index contributed by atoms with van der Waals surface area (Å²) >= 11 is 0. The van der Waals surface area contributed by atoms with Gasteiger partial charge in [0.1, 0.15) is 6.61 Å². The largest absolute Gasteiger partial charge is 0.443 e. The van der Waals surface area contributed by atoms with E-state index >= 15 is 0 Å². The maximum Gasteiger partial charge on any atom is 0.433 e. The first kappa shape index (κ1) is 14.0. The van der Waals surface area contributed by atoms with Crippen LogP contribution in [0.4, 0.5) is 4.79 Å². The van der Waals surface area contributed by atoms with Crippen LogP contribution in [0.1, 0.15) is 19.4 Å². The molecular formula is C12H16N2O4. The normalized spacial score (nSPS) is 9.67. The molecule has 0 aromatic heterocycles. The van der Waals surface area contributed by atoms with Crippen molar-refractivity contribution in [1.29, 1.82) is 0 Å². The Morgan fingerprint density at radius 1 is 1.28 bits per heavy atom. The van der Waals surface area contributed by atoms with Crippen molar-refractivity contribution < 1.29 is 19.3 Å². The van der Waals surface area contributed by atoms with Crippen LogP contribution in [0.5, 0.6) is 0 Å². The van der Waals surface area contributed by atoms with E-state index in [9.17, 15) is 9.59 Å². The molecule has 0 saturated carbocycles. The van der Waals surface area contributed by atoms with Crippen LogP contribution in [0.2, 0.25) is 0 Å². The summed E-state index contributed by atoms with van der Waals surface area (Å²) in [6.45, 7) is 3.52. The lowest BCUT2D eigenvalue weighted by Gasteiger charge is -2.17. The highest BCUT2D eigenvalue weighted by Gasteiger charge is 2.09. The molecule has 1 rings (SSSR count). The fourth-order valence-corrected chi connectivity index (χ4v) is 1.20. The lowest BCUT2D eigenvalue weighted by Crippen LogP contribution is -2.37. The fraction of sp³-hybridized carbons (Fsp3) is 0.333. The predicted molar refractivity (Wildman–Crippen MR) is 63.9 cm³/mol. The van der Waals surface area contributed by atoms with Gasteiger partial charge in [0, 0.05) is 13.5 Å². The summed E-state index contributed by atoms with van der Waals surface area (Å²) in [7, 11) is 0. The number of nitrogens with one attached hydrogen (secondary N) is 1. The molecular weight excluding hydrogens is 236 g/mol. The van der Waals surface area contributed by atoms with Crippen LogP contribution >= 0.6 is 0 Å².